The third-order valence-corrected chi connectivity index (χ3v) is 4.71. The molecule has 0 bridgehead atoms. The van der Waals surface area contributed by atoms with Gasteiger partial charge in [-0.15, -0.1) is 0 Å². The Balaban J connectivity index is 1.83. The lowest BCUT2D eigenvalue weighted by atomic mass is 10.1. The highest BCUT2D eigenvalue weighted by molar-refractivity contribution is 5.82. The average Bonchev–Trinajstić information content (AvgIpc) is 2.73. The number of hydrogen-bond donors (Lipinski definition) is 2. The number of carboxylic acids is 1. The molecule has 3 aromatic rings. The molecule has 174 valence electrons. The molecule has 0 aliphatic carbocycles. The summed E-state index contributed by atoms with van der Waals surface area (Å²) in [6, 6.07) is 16.4. The van der Waals surface area contributed by atoms with E-state index in [9.17, 15) is 19.5 Å². The Morgan fingerprint density at radius 2 is 1.79 bits per heavy atom. The van der Waals surface area contributed by atoms with E-state index in [0.717, 1.165) is 10.9 Å². The van der Waals surface area contributed by atoms with Crippen molar-refractivity contribution < 1.29 is 24.2 Å². The van der Waals surface area contributed by atoms with Gasteiger partial charge in [-0.1, -0.05) is 30.3 Å². The Bertz CT molecular complexity index is 1200. The number of aromatic nitrogens is 1. The predicted molar refractivity (Wildman–Crippen MR) is 125 cm³/mol. The van der Waals surface area contributed by atoms with Crippen LogP contribution in [0.1, 0.15) is 31.9 Å². The molecule has 1 heterocycles. The number of benzene rings is 2. The van der Waals surface area contributed by atoms with Crippen LogP contribution < -0.4 is 15.6 Å². The number of pyridine rings is 1. The zero-order valence-electron chi connectivity index (χ0n) is 19.0. The van der Waals surface area contributed by atoms with E-state index in [1.165, 1.54) is 0 Å². The summed E-state index contributed by atoms with van der Waals surface area (Å²) < 4.78 is 12.5. The third-order valence-electron chi connectivity index (χ3n) is 4.71. The normalized spacial score (nSPS) is 11.2. The lowest BCUT2D eigenvalue weighted by molar-refractivity contribution is -0.136. The lowest BCUT2D eigenvalue weighted by Crippen LogP contribution is -2.34. The first-order valence-corrected chi connectivity index (χ1v) is 10.6. The number of hydrogen-bond acceptors (Lipinski definition) is 5. The number of amides is 1. The number of nitrogens with one attached hydrogen (secondary N) is 1. The molecule has 0 aliphatic heterocycles. The molecule has 8 heteroatoms. The summed E-state index contributed by atoms with van der Waals surface area (Å²) >= 11 is 0. The van der Waals surface area contributed by atoms with Crippen LogP contribution >= 0.6 is 0 Å². The molecule has 0 saturated carbocycles. The summed E-state index contributed by atoms with van der Waals surface area (Å²) in [5.74, 6) is -0.532. The maximum absolute atomic E-state index is 13.1. The van der Waals surface area contributed by atoms with Crippen molar-refractivity contribution in [3.05, 3.63) is 76.1 Å². The second kappa shape index (κ2) is 10.2. The van der Waals surface area contributed by atoms with Crippen LogP contribution in [-0.4, -0.2) is 40.5 Å². The molecular formula is C25H28N2O6. The highest BCUT2D eigenvalue weighted by Crippen LogP contribution is 2.22. The van der Waals surface area contributed by atoms with Crippen molar-refractivity contribution in [2.24, 2.45) is 0 Å². The van der Waals surface area contributed by atoms with Crippen molar-refractivity contribution in [1.29, 1.82) is 0 Å². The number of carbonyl (C=O) groups is 2. The second-order valence-electron chi connectivity index (χ2n) is 8.61. The summed E-state index contributed by atoms with van der Waals surface area (Å²) in [5.41, 5.74) is 0.848. The fraction of sp³-hybridized carbons (Fsp3) is 0.320. The van der Waals surface area contributed by atoms with Gasteiger partial charge >= 0.3 is 12.1 Å². The Morgan fingerprint density at radius 3 is 2.45 bits per heavy atom. The van der Waals surface area contributed by atoms with Crippen LogP contribution in [0.5, 0.6) is 5.75 Å². The minimum atomic E-state index is -1.06. The van der Waals surface area contributed by atoms with Crippen LogP contribution in [0.2, 0.25) is 0 Å². The fourth-order valence-corrected chi connectivity index (χ4v) is 3.35. The van der Waals surface area contributed by atoms with Crippen LogP contribution in [0.3, 0.4) is 0 Å². The van der Waals surface area contributed by atoms with Crippen molar-refractivity contribution in [3.8, 4) is 5.75 Å². The minimum Gasteiger partial charge on any atom is -0.492 e. The number of carbonyl (C=O) groups excluding carboxylic acids is 1. The van der Waals surface area contributed by atoms with Crippen LogP contribution in [0, 0.1) is 0 Å². The van der Waals surface area contributed by atoms with Crippen LogP contribution in [0.15, 0.2) is 59.4 Å². The van der Waals surface area contributed by atoms with Gasteiger partial charge in [0, 0.05) is 11.6 Å². The lowest BCUT2D eigenvalue weighted by Gasteiger charge is -2.19. The Labute approximate surface area is 191 Å². The number of nitrogens with zero attached hydrogens (tertiary/aromatic N) is 1. The predicted octanol–water partition coefficient (Wildman–Crippen LogP) is 3.58. The molecule has 0 aliphatic rings. The molecule has 1 aromatic heterocycles. The number of fused-ring (bicyclic) bond motifs is 1. The largest absolute Gasteiger partial charge is 0.492 e. The zero-order valence-corrected chi connectivity index (χ0v) is 19.0. The highest BCUT2D eigenvalue weighted by atomic mass is 16.6. The number of carboxylic acid groups (broad SMARTS) is 1. The van der Waals surface area contributed by atoms with Gasteiger partial charge < -0.3 is 24.5 Å². The summed E-state index contributed by atoms with van der Waals surface area (Å²) in [6.07, 6.45) is -0.870. The Kier molecular flexibility index (Phi) is 7.37. The van der Waals surface area contributed by atoms with E-state index >= 15 is 0 Å². The van der Waals surface area contributed by atoms with Gasteiger partial charge in [0.1, 0.15) is 18.0 Å². The fourth-order valence-electron chi connectivity index (χ4n) is 3.35. The van der Waals surface area contributed by atoms with E-state index in [1.54, 1.807) is 49.6 Å². The molecule has 0 saturated heterocycles. The summed E-state index contributed by atoms with van der Waals surface area (Å²) in [6.45, 7) is 6.12. The third kappa shape index (κ3) is 6.83. The number of ether oxygens (including phenoxy) is 2. The number of alkyl carbamates (subject to hydrolysis) is 1. The standard InChI is InChI=1S/C25H28N2O6/c1-25(2,3)33-24(31)26-11-12-32-20-10-9-18-13-19(14-22(28)29)23(30)27(21(18)15-20)16-17-7-5-4-6-8-17/h4-10,13,15H,11-12,14,16H2,1-3H3,(H,26,31)(H,28,29). The molecule has 0 fully saturated rings. The molecule has 0 atom stereocenters. The molecule has 33 heavy (non-hydrogen) atoms. The topological polar surface area (TPSA) is 107 Å². The quantitative estimate of drug-likeness (QED) is 0.506. The maximum atomic E-state index is 13.1. The Hall–Kier alpha value is -3.81. The first-order valence-electron chi connectivity index (χ1n) is 10.6. The van der Waals surface area contributed by atoms with Gasteiger partial charge in [0.2, 0.25) is 0 Å². The first kappa shape index (κ1) is 23.8. The summed E-state index contributed by atoms with van der Waals surface area (Å²) in [5, 5.41) is 12.6. The van der Waals surface area contributed by atoms with Gasteiger partial charge in [-0.2, -0.15) is 0 Å². The summed E-state index contributed by atoms with van der Waals surface area (Å²) in [4.78, 5) is 36.1. The van der Waals surface area contributed by atoms with E-state index in [0.29, 0.717) is 17.8 Å². The van der Waals surface area contributed by atoms with Gasteiger partial charge in [-0.25, -0.2) is 4.79 Å². The maximum Gasteiger partial charge on any atom is 0.407 e. The zero-order chi connectivity index (χ0) is 24.0. The van der Waals surface area contributed by atoms with Crippen LogP contribution in [0.4, 0.5) is 4.79 Å². The molecule has 3 rings (SSSR count). The van der Waals surface area contributed by atoms with Gasteiger partial charge in [0.15, 0.2) is 0 Å². The average molecular weight is 453 g/mol. The molecule has 1 amide bonds. The molecular weight excluding hydrogens is 424 g/mol. The van der Waals surface area contributed by atoms with Crippen molar-refractivity contribution in [3.63, 3.8) is 0 Å². The van der Waals surface area contributed by atoms with Gasteiger partial charge in [-0.05, 0) is 49.9 Å². The van der Waals surface area contributed by atoms with E-state index in [4.69, 9.17) is 9.47 Å². The minimum absolute atomic E-state index is 0.213. The van der Waals surface area contributed by atoms with Crippen molar-refractivity contribution in [1.82, 2.24) is 9.88 Å². The molecule has 0 unspecified atom stereocenters. The smallest absolute Gasteiger partial charge is 0.407 e. The van der Waals surface area contributed by atoms with E-state index in [2.05, 4.69) is 5.32 Å². The Morgan fingerprint density at radius 1 is 1.06 bits per heavy atom. The van der Waals surface area contributed by atoms with Crippen molar-refractivity contribution in [2.75, 3.05) is 13.2 Å². The van der Waals surface area contributed by atoms with Gasteiger partial charge in [0.25, 0.3) is 5.56 Å². The summed E-state index contributed by atoms with van der Waals surface area (Å²) in [7, 11) is 0. The SMILES string of the molecule is CC(C)(C)OC(=O)NCCOc1ccc2cc(CC(=O)O)c(=O)n(Cc3ccccc3)c2c1. The van der Waals surface area contributed by atoms with E-state index in [1.807, 2.05) is 30.3 Å². The van der Waals surface area contributed by atoms with Crippen LogP contribution in [0.25, 0.3) is 10.9 Å². The first-order chi connectivity index (χ1) is 15.6. The van der Waals surface area contributed by atoms with E-state index in [-0.39, 0.29) is 30.7 Å². The monoisotopic (exact) mass is 452 g/mol. The van der Waals surface area contributed by atoms with Gasteiger partial charge in [-0.3, -0.25) is 9.59 Å². The highest BCUT2D eigenvalue weighted by Gasteiger charge is 2.16. The van der Waals surface area contributed by atoms with Crippen LogP contribution in [-0.2, 0) is 22.5 Å². The molecule has 2 N–H and O–H groups in total. The second-order valence-corrected chi connectivity index (χ2v) is 8.61. The molecule has 0 spiro atoms. The molecule has 8 nitrogen and oxygen atoms in total. The molecule has 0 radical (unpaired) electrons. The molecule has 2 aromatic carbocycles. The van der Waals surface area contributed by atoms with Gasteiger partial charge in [0.05, 0.1) is 25.0 Å². The number of aliphatic carboxylic acids is 1. The van der Waals surface area contributed by atoms with Crippen molar-refractivity contribution in [2.45, 2.75) is 39.3 Å². The number of rotatable bonds is 8. The van der Waals surface area contributed by atoms with Crippen molar-refractivity contribution >= 4 is 23.0 Å². The van der Waals surface area contributed by atoms with E-state index < -0.39 is 17.7 Å².